The molecule has 0 aromatic carbocycles. The quantitative estimate of drug-likeness (QED) is 0.542. The number of hydrogen-bond acceptors (Lipinski definition) is 3. The topological polar surface area (TPSA) is 55.5 Å². The minimum Gasteiger partial charge on any atom is -0.280 e. The van der Waals surface area contributed by atoms with Crippen molar-refractivity contribution < 1.29 is 4.92 Å². The van der Waals surface area contributed by atoms with Crippen LogP contribution in [0.4, 0.5) is 0 Å². The van der Waals surface area contributed by atoms with Gasteiger partial charge in [-0.25, -0.2) is 0 Å². The van der Waals surface area contributed by atoms with Crippen LogP contribution in [0.15, 0.2) is 39.0 Å². The van der Waals surface area contributed by atoms with E-state index in [9.17, 15) is 10.1 Å². The summed E-state index contributed by atoms with van der Waals surface area (Å²) in [6.07, 6.45) is 5.89. The average Bonchev–Trinajstić information content (AvgIpc) is 2.18. The van der Waals surface area contributed by atoms with Crippen LogP contribution in [0.25, 0.3) is 0 Å². The molecule has 1 aliphatic carbocycles. The molecule has 0 radical (unpaired) electrons. The van der Waals surface area contributed by atoms with Crippen LogP contribution in [0, 0.1) is 10.1 Å². The summed E-state index contributed by atoms with van der Waals surface area (Å²) < 4.78 is 0.823. The SMILES string of the molecule is CC1=NC2CC=CC([N+](=O)[O-])=C2C=C1Br. The minimum absolute atomic E-state index is 0.0864. The van der Waals surface area contributed by atoms with Crippen molar-refractivity contribution in [3.63, 3.8) is 0 Å². The number of allylic oxidation sites excluding steroid dienone is 2. The van der Waals surface area contributed by atoms with Crippen molar-refractivity contribution in [3.05, 3.63) is 44.1 Å². The summed E-state index contributed by atoms with van der Waals surface area (Å²) in [5.74, 6) is 0. The molecule has 78 valence electrons. The lowest BCUT2D eigenvalue weighted by Crippen LogP contribution is -2.20. The Kier molecular flexibility index (Phi) is 2.56. The first kappa shape index (κ1) is 10.3. The molecule has 4 nitrogen and oxygen atoms in total. The molecule has 1 unspecified atom stereocenters. The Labute approximate surface area is 95.4 Å². The van der Waals surface area contributed by atoms with Crippen LogP contribution in [-0.4, -0.2) is 16.7 Å². The van der Waals surface area contributed by atoms with Gasteiger partial charge in [-0.05, 0) is 35.4 Å². The van der Waals surface area contributed by atoms with Crippen molar-refractivity contribution in [2.75, 3.05) is 0 Å². The molecule has 15 heavy (non-hydrogen) atoms. The monoisotopic (exact) mass is 268 g/mol. The van der Waals surface area contributed by atoms with E-state index in [1.54, 1.807) is 18.2 Å². The largest absolute Gasteiger partial charge is 0.280 e. The lowest BCUT2D eigenvalue weighted by molar-refractivity contribution is -0.420. The molecule has 5 heteroatoms. The van der Waals surface area contributed by atoms with E-state index in [1.807, 2.05) is 6.92 Å². The minimum atomic E-state index is -0.356. The number of aliphatic imine (C=N–C) groups is 1. The lowest BCUT2D eigenvalue weighted by Gasteiger charge is -2.20. The molecule has 0 amide bonds. The Morgan fingerprint density at radius 2 is 2.40 bits per heavy atom. The van der Waals surface area contributed by atoms with E-state index < -0.39 is 0 Å². The molecule has 1 atom stereocenters. The van der Waals surface area contributed by atoms with Gasteiger partial charge in [0.05, 0.1) is 16.5 Å². The summed E-state index contributed by atoms with van der Waals surface area (Å²) in [5, 5.41) is 10.8. The second-order valence-electron chi connectivity index (χ2n) is 3.46. The maximum Gasteiger partial charge on any atom is 0.274 e. The fourth-order valence-electron chi connectivity index (χ4n) is 1.70. The predicted octanol–water partition coefficient (Wildman–Crippen LogP) is 2.60. The third kappa shape index (κ3) is 1.79. The smallest absolute Gasteiger partial charge is 0.274 e. The van der Waals surface area contributed by atoms with Crippen LogP contribution in [0.5, 0.6) is 0 Å². The fourth-order valence-corrected chi connectivity index (χ4v) is 2.05. The summed E-state index contributed by atoms with van der Waals surface area (Å²) in [6.45, 7) is 1.89. The van der Waals surface area contributed by atoms with E-state index >= 15 is 0 Å². The van der Waals surface area contributed by atoms with Crippen LogP contribution < -0.4 is 0 Å². The number of halogens is 1. The van der Waals surface area contributed by atoms with Gasteiger partial charge in [0, 0.05) is 16.3 Å². The van der Waals surface area contributed by atoms with E-state index in [-0.39, 0.29) is 16.7 Å². The molecule has 0 saturated carbocycles. The van der Waals surface area contributed by atoms with Crippen molar-refractivity contribution in [2.24, 2.45) is 4.99 Å². The van der Waals surface area contributed by atoms with Crippen molar-refractivity contribution in [3.8, 4) is 0 Å². The standard InChI is InChI=1S/C10H9BrN2O2/c1-6-8(11)5-7-9(12-6)3-2-4-10(7)13(14)15/h2,4-5,9H,3H2,1H3. The van der Waals surface area contributed by atoms with Crippen molar-refractivity contribution in [2.45, 2.75) is 19.4 Å². The lowest BCUT2D eigenvalue weighted by atomic mass is 9.94. The zero-order valence-corrected chi connectivity index (χ0v) is 9.69. The van der Waals surface area contributed by atoms with Crippen LogP contribution in [0.3, 0.4) is 0 Å². The van der Waals surface area contributed by atoms with Gasteiger partial charge >= 0.3 is 0 Å². The van der Waals surface area contributed by atoms with Crippen molar-refractivity contribution >= 4 is 21.6 Å². The van der Waals surface area contributed by atoms with Gasteiger partial charge in [-0.15, -0.1) is 0 Å². The Hall–Kier alpha value is -1.23. The molecule has 1 aliphatic heterocycles. The van der Waals surface area contributed by atoms with Crippen LogP contribution >= 0.6 is 15.9 Å². The third-order valence-electron chi connectivity index (χ3n) is 2.46. The van der Waals surface area contributed by atoms with Crippen LogP contribution in [0.1, 0.15) is 13.3 Å². The van der Waals surface area contributed by atoms with Crippen LogP contribution in [-0.2, 0) is 0 Å². The van der Waals surface area contributed by atoms with E-state index in [2.05, 4.69) is 20.9 Å². The Morgan fingerprint density at radius 1 is 1.67 bits per heavy atom. The first-order valence-electron chi connectivity index (χ1n) is 4.56. The summed E-state index contributed by atoms with van der Waals surface area (Å²) in [7, 11) is 0. The predicted molar refractivity (Wildman–Crippen MR) is 61.7 cm³/mol. The highest BCUT2D eigenvalue weighted by Gasteiger charge is 2.28. The highest BCUT2D eigenvalue weighted by Crippen LogP contribution is 2.30. The maximum atomic E-state index is 10.8. The van der Waals surface area contributed by atoms with Gasteiger partial charge < -0.3 is 0 Å². The number of rotatable bonds is 1. The zero-order chi connectivity index (χ0) is 11.0. The van der Waals surface area contributed by atoms with Gasteiger partial charge in [0.15, 0.2) is 0 Å². The molecule has 0 fully saturated rings. The molecule has 1 heterocycles. The highest BCUT2D eigenvalue weighted by atomic mass is 79.9. The maximum absolute atomic E-state index is 10.8. The van der Waals surface area contributed by atoms with Crippen molar-refractivity contribution in [1.29, 1.82) is 0 Å². The van der Waals surface area contributed by atoms with Gasteiger partial charge in [-0.3, -0.25) is 15.1 Å². The molecule has 0 spiro atoms. The number of dihydropyridines is 1. The number of hydrogen-bond donors (Lipinski definition) is 0. The van der Waals surface area contributed by atoms with Crippen molar-refractivity contribution in [1.82, 2.24) is 0 Å². The molecular weight excluding hydrogens is 260 g/mol. The molecule has 2 rings (SSSR count). The fraction of sp³-hybridized carbons (Fsp3) is 0.300. The van der Waals surface area contributed by atoms with E-state index in [0.717, 1.165) is 16.6 Å². The first-order valence-corrected chi connectivity index (χ1v) is 5.36. The summed E-state index contributed by atoms with van der Waals surface area (Å²) >= 11 is 3.34. The summed E-state index contributed by atoms with van der Waals surface area (Å²) in [6, 6.07) is -0.0864. The summed E-state index contributed by atoms with van der Waals surface area (Å²) in [5.41, 5.74) is 1.74. The Balaban J connectivity index is 2.52. The molecule has 2 aliphatic rings. The molecular formula is C10H9BrN2O2. The molecule has 0 aromatic heterocycles. The number of fused-ring (bicyclic) bond motifs is 1. The van der Waals surface area contributed by atoms with E-state index in [1.165, 1.54) is 0 Å². The number of nitrogens with zero attached hydrogens (tertiary/aromatic N) is 2. The van der Waals surface area contributed by atoms with E-state index in [4.69, 9.17) is 0 Å². The summed E-state index contributed by atoms with van der Waals surface area (Å²) in [4.78, 5) is 14.9. The molecule has 0 aromatic rings. The van der Waals surface area contributed by atoms with Crippen LogP contribution in [0.2, 0.25) is 0 Å². The Morgan fingerprint density at radius 3 is 3.07 bits per heavy atom. The second kappa shape index (κ2) is 3.73. The van der Waals surface area contributed by atoms with Gasteiger partial charge in [-0.1, -0.05) is 6.08 Å². The van der Waals surface area contributed by atoms with Gasteiger partial charge in [0.1, 0.15) is 0 Å². The molecule has 0 N–H and O–H groups in total. The Bertz CT molecular complexity index is 446. The average molecular weight is 269 g/mol. The van der Waals surface area contributed by atoms with E-state index in [0.29, 0.717) is 5.57 Å². The highest BCUT2D eigenvalue weighted by molar-refractivity contribution is 9.12. The second-order valence-corrected chi connectivity index (χ2v) is 4.31. The first-order chi connectivity index (χ1) is 7.09. The molecule has 0 bridgehead atoms. The normalized spacial score (nSPS) is 24.5. The van der Waals surface area contributed by atoms with Gasteiger partial charge in [-0.2, -0.15) is 0 Å². The van der Waals surface area contributed by atoms with Gasteiger partial charge in [0.25, 0.3) is 5.70 Å². The number of nitro groups is 1. The van der Waals surface area contributed by atoms with Gasteiger partial charge in [0.2, 0.25) is 0 Å². The molecule has 0 saturated heterocycles. The zero-order valence-electron chi connectivity index (χ0n) is 8.11. The third-order valence-corrected chi connectivity index (χ3v) is 3.27.